The molecule has 0 aliphatic heterocycles. The van der Waals surface area contributed by atoms with Gasteiger partial charge in [-0.25, -0.2) is 9.78 Å². The maximum atomic E-state index is 12.2. The van der Waals surface area contributed by atoms with Crippen LogP contribution in [-0.2, 0) is 32.0 Å². The van der Waals surface area contributed by atoms with Crippen molar-refractivity contribution in [1.82, 2.24) is 29.2 Å². The molecule has 0 unspecified atom stereocenters. The lowest BCUT2D eigenvalue weighted by atomic mass is 10.4. The summed E-state index contributed by atoms with van der Waals surface area (Å²) >= 11 is 0. The van der Waals surface area contributed by atoms with E-state index in [2.05, 4.69) is 15.5 Å². The van der Waals surface area contributed by atoms with Gasteiger partial charge in [-0.2, -0.15) is 0 Å². The Hall–Kier alpha value is -3.17. The van der Waals surface area contributed by atoms with E-state index in [1.807, 2.05) is 0 Å². The molecule has 0 saturated carbocycles. The van der Waals surface area contributed by atoms with Gasteiger partial charge in [0.15, 0.2) is 16.9 Å². The standard InChI is InChI=1S/C13H14N6O4/c1-17-11-10(12(21)18(2)13(17)22)19(7-15-11)6-9(20)14-5-8-3-4-16-23-8/h3-4,7H,5-6H2,1-2H3,(H,14,20). The molecule has 3 aromatic rings. The highest BCUT2D eigenvalue weighted by molar-refractivity contribution is 5.78. The van der Waals surface area contributed by atoms with Gasteiger partial charge in [0, 0.05) is 20.2 Å². The predicted octanol–water partition coefficient (Wildman–Crippen LogP) is -1.26. The van der Waals surface area contributed by atoms with Crippen molar-refractivity contribution in [3.63, 3.8) is 0 Å². The number of hydrogen-bond donors (Lipinski definition) is 1. The van der Waals surface area contributed by atoms with Crippen molar-refractivity contribution in [3.8, 4) is 0 Å². The SMILES string of the molecule is Cn1c(=O)c2c(ncn2CC(=O)NCc2ccno2)n(C)c1=O. The Morgan fingerprint density at radius 2 is 2.09 bits per heavy atom. The van der Waals surface area contributed by atoms with Crippen LogP contribution in [0.25, 0.3) is 11.2 Å². The molecule has 23 heavy (non-hydrogen) atoms. The zero-order valence-corrected chi connectivity index (χ0v) is 12.5. The van der Waals surface area contributed by atoms with Crippen molar-refractivity contribution >= 4 is 17.1 Å². The summed E-state index contributed by atoms with van der Waals surface area (Å²) in [5, 5.41) is 6.19. The van der Waals surface area contributed by atoms with E-state index in [4.69, 9.17) is 4.52 Å². The molecule has 0 bridgehead atoms. The maximum Gasteiger partial charge on any atom is 0.332 e. The van der Waals surface area contributed by atoms with Crippen LogP contribution in [0, 0.1) is 0 Å². The molecule has 0 spiro atoms. The Kier molecular flexibility index (Phi) is 3.56. The summed E-state index contributed by atoms with van der Waals surface area (Å²) in [4.78, 5) is 40.1. The Balaban J connectivity index is 1.88. The first kappa shape index (κ1) is 14.8. The molecule has 3 heterocycles. The number of aryl methyl sites for hydroxylation is 1. The average Bonchev–Trinajstić information content (AvgIpc) is 3.18. The van der Waals surface area contributed by atoms with Crippen molar-refractivity contribution in [3.05, 3.63) is 45.2 Å². The molecular weight excluding hydrogens is 304 g/mol. The number of aromatic nitrogens is 5. The molecule has 10 nitrogen and oxygen atoms in total. The van der Waals surface area contributed by atoms with E-state index >= 15 is 0 Å². The van der Waals surface area contributed by atoms with E-state index < -0.39 is 11.2 Å². The highest BCUT2D eigenvalue weighted by atomic mass is 16.5. The molecule has 0 aliphatic rings. The summed E-state index contributed by atoms with van der Waals surface area (Å²) in [5.41, 5.74) is -0.531. The number of amides is 1. The fraction of sp³-hybridized carbons (Fsp3) is 0.308. The third-order valence-corrected chi connectivity index (χ3v) is 3.48. The third kappa shape index (κ3) is 2.54. The number of fused-ring (bicyclic) bond motifs is 1. The molecule has 0 saturated heterocycles. The minimum atomic E-state index is -0.497. The molecule has 3 aromatic heterocycles. The Bertz CT molecular complexity index is 978. The average molecular weight is 318 g/mol. The molecule has 0 radical (unpaired) electrons. The van der Waals surface area contributed by atoms with Gasteiger partial charge in [-0.05, 0) is 0 Å². The van der Waals surface area contributed by atoms with Crippen LogP contribution < -0.4 is 16.6 Å². The van der Waals surface area contributed by atoms with Gasteiger partial charge in [-0.3, -0.25) is 18.7 Å². The Morgan fingerprint density at radius 1 is 1.30 bits per heavy atom. The first-order valence-corrected chi connectivity index (χ1v) is 6.76. The third-order valence-electron chi connectivity index (χ3n) is 3.48. The molecule has 0 aliphatic carbocycles. The zero-order chi connectivity index (χ0) is 16.6. The summed E-state index contributed by atoms with van der Waals surface area (Å²) in [7, 11) is 2.90. The van der Waals surface area contributed by atoms with Crippen molar-refractivity contribution < 1.29 is 9.32 Å². The first-order valence-electron chi connectivity index (χ1n) is 6.76. The summed E-state index contributed by atoms with van der Waals surface area (Å²) in [5.74, 6) is 0.198. The molecule has 3 rings (SSSR count). The normalized spacial score (nSPS) is 11.0. The number of hydrogen-bond acceptors (Lipinski definition) is 6. The second-order valence-electron chi connectivity index (χ2n) is 5.01. The van der Waals surface area contributed by atoms with Crippen LogP contribution in [0.3, 0.4) is 0 Å². The first-order chi connectivity index (χ1) is 11.0. The molecule has 10 heteroatoms. The van der Waals surface area contributed by atoms with Crippen LogP contribution in [0.15, 0.2) is 32.7 Å². The molecule has 0 atom stereocenters. The summed E-state index contributed by atoms with van der Waals surface area (Å²) < 4.78 is 8.53. The second kappa shape index (κ2) is 5.55. The van der Waals surface area contributed by atoms with Crippen LogP contribution in [0.2, 0.25) is 0 Å². The van der Waals surface area contributed by atoms with Crippen molar-refractivity contribution in [2.45, 2.75) is 13.1 Å². The zero-order valence-electron chi connectivity index (χ0n) is 12.5. The number of imidazole rings is 1. The van der Waals surface area contributed by atoms with Crippen molar-refractivity contribution in [1.29, 1.82) is 0 Å². The van der Waals surface area contributed by atoms with E-state index in [9.17, 15) is 14.4 Å². The van der Waals surface area contributed by atoms with Gasteiger partial charge in [-0.1, -0.05) is 5.16 Å². The lowest BCUT2D eigenvalue weighted by Gasteiger charge is -2.07. The van der Waals surface area contributed by atoms with E-state index in [-0.39, 0.29) is 30.2 Å². The Labute approximate surface area is 128 Å². The van der Waals surface area contributed by atoms with Gasteiger partial charge < -0.3 is 14.4 Å². The predicted molar refractivity (Wildman–Crippen MR) is 78.6 cm³/mol. The molecule has 1 amide bonds. The number of nitrogens with one attached hydrogen (secondary N) is 1. The lowest BCUT2D eigenvalue weighted by Crippen LogP contribution is -2.38. The number of nitrogens with zero attached hydrogens (tertiary/aromatic N) is 5. The smallest absolute Gasteiger partial charge is 0.332 e. The van der Waals surface area contributed by atoms with Crippen LogP contribution in [-0.4, -0.2) is 29.7 Å². The second-order valence-corrected chi connectivity index (χ2v) is 5.01. The molecule has 0 fully saturated rings. The molecular formula is C13H14N6O4. The summed E-state index contributed by atoms with van der Waals surface area (Å²) in [6.45, 7) is 0.0973. The largest absolute Gasteiger partial charge is 0.360 e. The van der Waals surface area contributed by atoms with Gasteiger partial charge in [-0.15, -0.1) is 0 Å². The van der Waals surface area contributed by atoms with E-state index in [1.54, 1.807) is 6.07 Å². The van der Waals surface area contributed by atoms with Crippen molar-refractivity contribution in [2.75, 3.05) is 0 Å². The lowest BCUT2D eigenvalue weighted by molar-refractivity contribution is -0.121. The van der Waals surface area contributed by atoms with E-state index in [1.165, 1.54) is 35.8 Å². The monoisotopic (exact) mass is 318 g/mol. The summed E-state index contributed by atoms with van der Waals surface area (Å²) in [6.07, 6.45) is 2.84. The van der Waals surface area contributed by atoms with Crippen LogP contribution >= 0.6 is 0 Å². The minimum Gasteiger partial charge on any atom is -0.360 e. The van der Waals surface area contributed by atoms with E-state index in [0.29, 0.717) is 5.76 Å². The highest BCUT2D eigenvalue weighted by Crippen LogP contribution is 2.05. The van der Waals surface area contributed by atoms with Crippen molar-refractivity contribution in [2.24, 2.45) is 14.1 Å². The van der Waals surface area contributed by atoms with Crippen LogP contribution in [0.4, 0.5) is 0 Å². The minimum absolute atomic E-state index is 0.0991. The van der Waals surface area contributed by atoms with Gasteiger partial charge in [0.2, 0.25) is 5.91 Å². The molecule has 1 N–H and O–H groups in total. The highest BCUT2D eigenvalue weighted by Gasteiger charge is 2.15. The topological polar surface area (TPSA) is 117 Å². The van der Waals surface area contributed by atoms with Gasteiger partial charge >= 0.3 is 5.69 Å². The van der Waals surface area contributed by atoms with Gasteiger partial charge in [0.25, 0.3) is 5.56 Å². The van der Waals surface area contributed by atoms with Crippen LogP contribution in [0.5, 0.6) is 0 Å². The molecule has 120 valence electrons. The van der Waals surface area contributed by atoms with Gasteiger partial charge in [0.05, 0.1) is 19.1 Å². The van der Waals surface area contributed by atoms with Gasteiger partial charge in [0.1, 0.15) is 6.54 Å². The quantitative estimate of drug-likeness (QED) is 0.641. The fourth-order valence-electron chi connectivity index (χ4n) is 2.25. The molecule has 0 aromatic carbocycles. The Morgan fingerprint density at radius 3 is 2.78 bits per heavy atom. The summed E-state index contributed by atoms with van der Waals surface area (Å²) in [6, 6.07) is 1.64. The van der Waals surface area contributed by atoms with Crippen LogP contribution in [0.1, 0.15) is 5.76 Å². The maximum absolute atomic E-state index is 12.2. The number of carbonyl (C=O) groups is 1. The number of carbonyl (C=O) groups excluding carboxylic acids is 1. The van der Waals surface area contributed by atoms with E-state index in [0.717, 1.165) is 4.57 Å². The number of rotatable bonds is 4. The fourth-order valence-corrected chi connectivity index (χ4v) is 2.25.